The highest BCUT2D eigenvalue weighted by atomic mass is 17.2. The maximum atomic E-state index is 9.70. The van der Waals surface area contributed by atoms with Crippen LogP contribution in [0.3, 0.4) is 0 Å². The van der Waals surface area contributed by atoms with Crippen LogP contribution in [0, 0.1) is 5.92 Å². The fourth-order valence-electron chi connectivity index (χ4n) is 0.649. The van der Waals surface area contributed by atoms with Gasteiger partial charge in [0.05, 0.1) is 5.92 Å². The summed E-state index contributed by atoms with van der Waals surface area (Å²) in [5.41, 5.74) is -0.268. The van der Waals surface area contributed by atoms with E-state index in [1.54, 1.807) is 13.8 Å². The maximum Gasteiger partial charge on any atom is 0.305 e. The summed E-state index contributed by atoms with van der Waals surface area (Å²) in [5, 5.41) is 7.99. The average molecular weight is 254 g/mol. The Balaban J connectivity index is 0.000000411. The van der Waals surface area contributed by atoms with Crippen molar-refractivity contribution < 1.29 is 19.7 Å². The van der Waals surface area contributed by atoms with Gasteiger partial charge in [-0.3, -0.25) is 4.79 Å². The van der Waals surface area contributed by atoms with Crippen molar-refractivity contribution in [2.45, 2.75) is 40.2 Å². The summed E-state index contributed by atoms with van der Waals surface area (Å²) in [4.78, 5) is 19.9. The first-order chi connectivity index (χ1) is 8.22. The van der Waals surface area contributed by atoms with Gasteiger partial charge in [0.15, 0.2) is 5.75 Å². The first-order valence-electron chi connectivity index (χ1n) is 5.86. The molecule has 0 bridgehead atoms. The van der Waals surface area contributed by atoms with Crippen LogP contribution < -0.4 is 4.89 Å². The Labute approximate surface area is 108 Å². The van der Waals surface area contributed by atoms with E-state index >= 15 is 0 Å². The van der Waals surface area contributed by atoms with Crippen molar-refractivity contribution in [3.8, 4) is 5.75 Å². The molecule has 0 aliphatic heterocycles. The summed E-state index contributed by atoms with van der Waals surface area (Å²) in [6.07, 6.45) is 0. The minimum Gasteiger partial charge on any atom is -0.481 e. The Morgan fingerprint density at radius 3 is 1.94 bits per heavy atom. The number of carboxylic acids is 1. The smallest absolute Gasteiger partial charge is 0.305 e. The molecule has 1 N–H and O–H groups in total. The maximum absolute atomic E-state index is 9.70. The molecule has 102 valence electrons. The number of aliphatic carboxylic acids is 1. The third-order valence-corrected chi connectivity index (χ3v) is 1.62. The van der Waals surface area contributed by atoms with Gasteiger partial charge in [0.1, 0.15) is 5.60 Å². The summed E-state index contributed by atoms with van der Waals surface area (Å²) < 4.78 is 0. The zero-order valence-electron chi connectivity index (χ0n) is 11.6. The van der Waals surface area contributed by atoms with Crippen LogP contribution >= 0.6 is 0 Å². The molecule has 0 radical (unpaired) electrons. The molecule has 0 aliphatic carbocycles. The van der Waals surface area contributed by atoms with E-state index in [1.165, 1.54) is 0 Å². The molecule has 0 aliphatic rings. The van der Waals surface area contributed by atoms with Gasteiger partial charge in [0.25, 0.3) is 0 Å². The fraction of sp³-hybridized carbons (Fsp3) is 0.500. The lowest BCUT2D eigenvalue weighted by Gasteiger charge is -2.17. The topological polar surface area (TPSA) is 55.8 Å². The number of carbonyl (C=O) groups is 1. The molecular weight excluding hydrogens is 232 g/mol. The van der Waals surface area contributed by atoms with Gasteiger partial charge in [-0.15, -0.1) is 0 Å². The van der Waals surface area contributed by atoms with Crippen molar-refractivity contribution in [1.82, 2.24) is 0 Å². The molecule has 0 saturated carbocycles. The first kappa shape index (κ1) is 16.4. The summed E-state index contributed by atoms with van der Waals surface area (Å²) in [6, 6.07) is 9.45. The van der Waals surface area contributed by atoms with Gasteiger partial charge < -0.3 is 9.99 Å². The van der Waals surface area contributed by atoms with E-state index in [2.05, 4.69) is 0 Å². The van der Waals surface area contributed by atoms with Crippen LogP contribution in [0.2, 0.25) is 0 Å². The number of hydrogen-bond acceptors (Lipinski definition) is 3. The Morgan fingerprint density at radius 1 is 1.17 bits per heavy atom. The fourth-order valence-corrected chi connectivity index (χ4v) is 0.649. The van der Waals surface area contributed by atoms with Crippen LogP contribution in [0.25, 0.3) is 0 Å². The second-order valence-corrected chi connectivity index (χ2v) is 5.09. The molecule has 1 rings (SSSR count). The highest BCUT2D eigenvalue weighted by Gasteiger charge is 2.11. The number of rotatable bonds is 3. The van der Waals surface area contributed by atoms with Crippen molar-refractivity contribution in [2.75, 3.05) is 0 Å². The molecule has 18 heavy (non-hydrogen) atoms. The van der Waals surface area contributed by atoms with Gasteiger partial charge in [-0.25, -0.2) is 0 Å². The highest BCUT2D eigenvalue weighted by molar-refractivity contribution is 5.68. The number of carboxylic acid groups (broad SMARTS) is 1. The number of para-hydroxylation sites is 1. The van der Waals surface area contributed by atoms with Crippen LogP contribution in [-0.2, 0) is 9.68 Å². The van der Waals surface area contributed by atoms with Gasteiger partial charge in [-0.2, -0.15) is 4.89 Å². The Hall–Kier alpha value is -1.55. The van der Waals surface area contributed by atoms with E-state index in [1.807, 2.05) is 51.1 Å². The average Bonchev–Trinajstić information content (AvgIpc) is 2.27. The van der Waals surface area contributed by atoms with Gasteiger partial charge >= 0.3 is 5.97 Å². The van der Waals surface area contributed by atoms with Gasteiger partial charge in [0, 0.05) is 0 Å². The lowest BCUT2D eigenvalue weighted by molar-refractivity contribution is -0.274. The number of hydrogen-bond donors (Lipinski definition) is 1. The van der Waals surface area contributed by atoms with E-state index in [4.69, 9.17) is 14.9 Å². The van der Waals surface area contributed by atoms with Crippen molar-refractivity contribution >= 4 is 5.97 Å². The minimum absolute atomic E-state index is 0.231. The van der Waals surface area contributed by atoms with Crippen LogP contribution in [0.5, 0.6) is 5.75 Å². The van der Waals surface area contributed by atoms with Crippen LogP contribution in [-0.4, -0.2) is 16.7 Å². The van der Waals surface area contributed by atoms with Crippen molar-refractivity contribution in [2.24, 2.45) is 5.92 Å². The van der Waals surface area contributed by atoms with E-state index in [-0.39, 0.29) is 11.5 Å². The van der Waals surface area contributed by atoms with Crippen molar-refractivity contribution in [1.29, 1.82) is 0 Å². The second-order valence-electron chi connectivity index (χ2n) is 5.09. The molecule has 4 heteroatoms. The van der Waals surface area contributed by atoms with Crippen LogP contribution in [0.15, 0.2) is 30.3 Å². The van der Waals surface area contributed by atoms with Gasteiger partial charge in [-0.05, 0) is 32.9 Å². The first-order valence-corrected chi connectivity index (χ1v) is 5.86. The zero-order valence-corrected chi connectivity index (χ0v) is 11.6. The monoisotopic (exact) mass is 254 g/mol. The molecule has 0 unspecified atom stereocenters. The summed E-state index contributed by atoms with van der Waals surface area (Å²) >= 11 is 0. The number of benzene rings is 1. The molecule has 0 spiro atoms. The summed E-state index contributed by atoms with van der Waals surface area (Å²) in [5.74, 6) is -0.243. The Kier molecular flexibility index (Phi) is 7.05. The SMILES string of the molecule is CC(C)(C)OOc1ccccc1.CC(C)C(=O)O. The van der Waals surface area contributed by atoms with E-state index in [0.29, 0.717) is 0 Å². The van der Waals surface area contributed by atoms with E-state index < -0.39 is 5.97 Å². The van der Waals surface area contributed by atoms with Gasteiger partial charge in [0.2, 0.25) is 0 Å². The third-order valence-electron chi connectivity index (χ3n) is 1.62. The Bertz CT molecular complexity index is 339. The molecule has 0 heterocycles. The van der Waals surface area contributed by atoms with Gasteiger partial charge in [-0.1, -0.05) is 32.0 Å². The van der Waals surface area contributed by atoms with Crippen molar-refractivity contribution in [3.05, 3.63) is 30.3 Å². The summed E-state index contributed by atoms with van der Waals surface area (Å²) in [6.45, 7) is 9.10. The molecule has 0 amide bonds. The summed E-state index contributed by atoms with van der Waals surface area (Å²) in [7, 11) is 0. The minimum atomic E-state index is -0.741. The lowest BCUT2D eigenvalue weighted by atomic mass is 10.2. The molecule has 0 saturated heterocycles. The van der Waals surface area contributed by atoms with Crippen LogP contribution in [0.1, 0.15) is 34.6 Å². The molecule has 1 aromatic rings. The van der Waals surface area contributed by atoms with Crippen LogP contribution in [0.4, 0.5) is 0 Å². The normalized spacial score (nSPS) is 10.6. The molecule has 0 atom stereocenters. The molecule has 0 aromatic heterocycles. The molecular formula is C14H22O4. The zero-order chi connectivity index (χ0) is 14.2. The predicted octanol–water partition coefficient (Wildman–Crippen LogP) is 3.52. The molecule has 4 nitrogen and oxygen atoms in total. The molecule has 0 fully saturated rings. The second kappa shape index (κ2) is 7.71. The quantitative estimate of drug-likeness (QED) is 0.662. The van der Waals surface area contributed by atoms with E-state index in [0.717, 1.165) is 5.75 Å². The lowest BCUT2D eigenvalue weighted by Crippen LogP contribution is -2.21. The van der Waals surface area contributed by atoms with E-state index in [9.17, 15) is 4.79 Å². The Morgan fingerprint density at radius 2 is 1.61 bits per heavy atom. The standard InChI is InChI=1S/C10H14O2.C4H8O2/c1-10(2,3)12-11-9-7-5-4-6-8-9;1-3(2)4(5)6/h4-8H,1-3H3;3H,1-2H3,(H,5,6). The third kappa shape index (κ3) is 9.66. The van der Waals surface area contributed by atoms with Crippen molar-refractivity contribution in [3.63, 3.8) is 0 Å². The predicted molar refractivity (Wildman–Crippen MR) is 70.4 cm³/mol. The molecule has 1 aromatic carbocycles. The largest absolute Gasteiger partial charge is 0.481 e. The highest BCUT2D eigenvalue weighted by Crippen LogP contribution is 2.13.